The molecule has 1 N–H and O–H groups in total. The normalized spacial score (nSPS) is 11.2. The molecule has 0 unspecified atom stereocenters. The van der Waals surface area contributed by atoms with Crippen LogP contribution in [-0.4, -0.2) is 41.6 Å². The topological polar surface area (TPSA) is 65.1 Å². The van der Waals surface area contributed by atoms with E-state index in [1.807, 2.05) is 24.9 Å². The first-order valence-corrected chi connectivity index (χ1v) is 6.85. The number of rotatable bonds is 8. The SMILES string of the molecule is COCCNCCCc1ncc(-c2cnn(C)c2C)o1. The Morgan fingerprint density at radius 2 is 2.20 bits per heavy atom. The fraction of sp³-hybridized carbons (Fsp3) is 0.571. The third kappa shape index (κ3) is 3.68. The van der Waals surface area contributed by atoms with Gasteiger partial charge in [0.1, 0.15) is 0 Å². The first-order chi connectivity index (χ1) is 9.72. The highest BCUT2D eigenvalue weighted by Gasteiger charge is 2.11. The maximum absolute atomic E-state index is 5.77. The van der Waals surface area contributed by atoms with Crippen LogP contribution < -0.4 is 5.32 Å². The highest BCUT2D eigenvalue weighted by Crippen LogP contribution is 2.23. The van der Waals surface area contributed by atoms with Crippen molar-refractivity contribution < 1.29 is 9.15 Å². The van der Waals surface area contributed by atoms with E-state index in [9.17, 15) is 0 Å². The van der Waals surface area contributed by atoms with Crippen molar-refractivity contribution in [3.05, 3.63) is 24.0 Å². The minimum Gasteiger partial charge on any atom is -0.441 e. The van der Waals surface area contributed by atoms with Crippen LogP contribution in [0.3, 0.4) is 0 Å². The van der Waals surface area contributed by atoms with E-state index in [0.29, 0.717) is 0 Å². The van der Waals surface area contributed by atoms with Gasteiger partial charge in [0.2, 0.25) is 0 Å². The number of oxazole rings is 1. The quantitative estimate of drug-likeness (QED) is 0.742. The average molecular weight is 278 g/mol. The van der Waals surface area contributed by atoms with E-state index in [1.54, 1.807) is 13.3 Å². The molecule has 0 saturated carbocycles. The van der Waals surface area contributed by atoms with Crippen LogP contribution in [0.25, 0.3) is 11.3 Å². The van der Waals surface area contributed by atoms with Crippen LogP contribution in [0.2, 0.25) is 0 Å². The van der Waals surface area contributed by atoms with E-state index < -0.39 is 0 Å². The maximum atomic E-state index is 5.77. The second-order valence-electron chi connectivity index (χ2n) is 4.73. The van der Waals surface area contributed by atoms with E-state index in [-0.39, 0.29) is 0 Å². The number of hydrogen-bond donors (Lipinski definition) is 1. The number of nitrogens with one attached hydrogen (secondary N) is 1. The lowest BCUT2D eigenvalue weighted by molar-refractivity contribution is 0.199. The van der Waals surface area contributed by atoms with Crippen LogP contribution >= 0.6 is 0 Å². The Bertz CT molecular complexity index is 533. The van der Waals surface area contributed by atoms with Crippen LogP contribution in [0.15, 0.2) is 16.8 Å². The second kappa shape index (κ2) is 7.21. The van der Waals surface area contributed by atoms with Gasteiger partial charge < -0.3 is 14.5 Å². The highest BCUT2D eigenvalue weighted by atomic mass is 16.5. The molecule has 0 aromatic carbocycles. The third-order valence-electron chi connectivity index (χ3n) is 3.28. The summed E-state index contributed by atoms with van der Waals surface area (Å²) < 4.78 is 12.6. The molecule has 20 heavy (non-hydrogen) atoms. The first kappa shape index (κ1) is 14.7. The summed E-state index contributed by atoms with van der Waals surface area (Å²) in [5.41, 5.74) is 2.08. The molecule has 0 radical (unpaired) electrons. The zero-order valence-corrected chi connectivity index (χ0v) is 12.3. The number of nitrogens with zero attached hydrogens (tertiary/aromatic N) is 3. The standard InChI is InChI=1S/C14H22N4O2/c1-11-12(9-17-18(11)2)13-10-16-14(20-13)5-4-6-15-7-8-19-3/h9-10,15H,4-8H2,1-3H3. The van der Waals surface area contributed by atoms with Crippen molar-refractivity contribution in [2.24, 2.45) is 7.05 Å². The lowest BCUT2D eigenvalue weighted by atomic mass is 10.2. The van der Waals surface area contributed by atoms with Crippen LogP contribution in [0, 0.1) is 6.92 Å². The van der Waals surface area contributed by atoms with Gasteiger partial charge in [-0.15, -0.1) is 0 Å². The number of hydrogen-bond acceptors (Lipinski definition) is 5. The van der Waals surface area contributed by atoms with Crippen LogP contribution in [-0.2, 0) is 18.2 Å². The van der Waals surface area contributed by atoms with Gasteiger partial charge in [-0.3, -0.25) is 4.68 Å². The molecular weight excluding hydrogens is 256 g/mol. The van der Waals surface area contributed by atoms with E-state index >= 15 is 0 Å². The molecule has 0 atom stereocenters. The van der Waals surface area contributed by atoms with E-state index in [2.05, 4.69) is 15.4 Å². The summed E-state index contributed by atoms with van der Waals surface area (Å²) >= 11 is 0. The summed E-state index contributed by atoms with van der Waals surface area (Å²) in [6, 6.07) is 0. The Hall–Kier alpha value is -1.66. The van der Waals surface area contributed by atoms with Crippen molar-refractivity contribution in [2.75, 3.05) is 26.8 Å². The molecule has 0 spiro atoms. The molecule has 6 heteroatoms. The molecule has 2 heterocycles. The van der Waals surface area contributed by atoms with Gasteiger partial charge >= 0.3 is 0 Å². The van der Waals surface area contributed by atoms with Gasteiger partial charge in [0.25, 0.3) is 0 Å². The minimum atomic E-state index is 0.740. The van der Waals surface area contributed by atoms with Gasteiger partial charge in [0, 0.05) is 32.8 Å². The first-order valence-electron chi connectivity index (χ1n) is 6.85. The highest BCUT2D eigenvalue weighted by molar-refractivity contribution is 5.58. The Morgan fingerprint density at radius 3 is 2.90 bits per heavy atom. The minimum absolute atomic E-state index is 0.740. The Balaban J connectivity index is 1.82. The molecule has 0 aliphatic heterocycles. The molecule has 0 amide bonds. The van der Waals surface area contributed by atoms with Gasteiger partial charge in [-0.25, -0.2) is 4.98 Å². The molecular formula is C14H22N4O2. The van der Waals surface area contributed by atoms with Crippen molar-refractivity contribution in [1.82, 2.24) is 20.1 Å². The van der Waals surface area contributed by atoms with Crippen molar-refractivity contribution in [1.29, 1.82) is 0 Å². The molecule has 2 aromatic rings. The van der Waals surface area contributed by atoms with Crippen molar-refractivity contribution in [3.8, 4) is 11.3 Å². The molecule has 0 aliphatic rings. The number of methoxy groups -OCH3 is 1. The van der Waals surface area contributed by atoms with Crippen LogP contribution in [0.1, 0.15) is 18.0 Å². The second-order valence-corrected chi connectivity index (χ2v) is 4.73. The fourth-order valence-corrected chi connectivity index (χ4v) is 1.95. The number of aryl methyl sites for hydroxylation is 2. The van der Waals surface area contributed by atoms with Crippen LogP contribution in [0.4, 0.5) is 0 Å². The van der Waals surface area contributed by atoms with Crippen molar-refractivity contribution in [3.63, 3.8) is 0 Å². The van der Waals surface area contributed by atoms with Crippen LogP contribution in [0.5, 0.6) is 0 Å². The predicted molar refractivity (Wildman–Crippen MR) is 76.5 cm³/mol. The number of aromatic nitrogens is 3. The fourth-order valence-electron chi connectivity index (χ4n) is 1.95. The average Bonchev–Trinajstić information content (AvgIpc) is 3.02. The monoisotopic (exact) mass is 278 g/mol. The summed E-state index contributed by atoms with van der Waals surface area (Å²) in [5, 5.41) is 7.51. The Labute approximate surface area is 119 Å². The lowest BCUT2D eigenvalue weighted by Gasteiger charge is -2.02. The van der Waals surface area contributed by atoms with E-state index in [0.717, 1.165) is 55.4 Å². The maximum Gasteiger partial charge on any atom is 0.194 e. The summed E-state index contributed by atoms with van der Waals surface area (Å²) in [4.78, 5) is 4.32. The smallest absolute Gasteiger partial charge is 0.194 e. The zero-order valence-electron chi connectivity index (χ0n) is 12.3. The van der Waals surface area contributed by atoms with Crippen molar-refractivity contribution >= 4 is 0 Å². The molecule has 2 rings (SSSR count). The molecule has 0 bridgehead atoms. The molecule has 0 saturated heterocycles. The predicted octanol–water partition coefficient (Wildman–Crippen LogP) is 1.55. The van der Waals surface area contributed by atoms with E-state index in [1.165, 1.54) is 0 Å². The Morgan fingerprint density at radius 1 is 1.35 bits per heavy atom. The lowest BCUT2D eigenvalue weighted by Crippen LogP contribution is -2.20. The Kier molecular flexibility index (Phi) is 5.31. The largest absolute Gasteiger partial charge is 0.441 e. The summed E-state index contributed by atoms with van der Waals surface area (Å²) in [6.07, 6.45) is 5.42. The molecule has 110 valence electrons. The van der Waals surface area contributed by atoms with Gasteiger partial charge in [0.15, 0.2) is 11.7 Å². The van der Waals surface area contributed by atoms with Gasteiger partial charge in [-0.1, -0.05) is 0 Å². The summed E-state index contributed by atoms with van der Waals surface area (Å²) in [5.74, 6) is 1.56. The molecule has 6 nitrogen and oxygen atoms in total. The summed E-state index contributed by atoms with van der Waals surface area (Å²) in [6.45, 7) is 4.57. The van der Waals surface area contributed by atoms with Gasteiger partial charge in [0.05, 0.1) is 24.6 Å². The zero-order chi connectivity index (χ0) is 14.4. The van der Waals surface area contributed by atoms with Crippen molar-refractivity contribution in [2.45, 2.75) is 19.8 Å². The molecule has 0 fully saturated rings. The molecule has 2 aromatic heterocycles. The van der Waals surface area contributed by atoms with Gasteiger partial charge in [-0.2, -0.15) is 5.10 Å². The van der Waals surface area contributed by atoms with E-state index in [4.69, 9.17) is 9.15 Å². The summed E-state index contributed by atoms with van der Waals surface area (Å²) in [7, 11) is 3.62. The molecule has 0 aliphatic carbocycles. The third-order valence-corrected chi connectivity index (χ3v) is 3.28. The number of ether oxygens (including phenoxy) is 1. The van der Waals surface area contributed by atoms with Gasteiger partial charge in [-0.05, 0) is 19.9 Å².